The van der Waals surface area contributed by atoms with Gasteiger partial charge < -0.3 is 10.6 Å². The number of benzene rings is 2. The fourth-order valence-corrected chi connectivity index (χ4v) is 2.06. The van der Waals surface area contributed by atoms with E-state index in [4.69, 9.17) is 11.6 Å². The molecule has 0 spiro atoms. The zero-order chi connectivity index (χ0) is 16.8. The summed E-state index contributed by atoms with van der Waals surface area (Å²) >= 11 is 5.69. The van der Waals surface area contributed by atoms with Gasteiger partial charge in [-0.15, -0.1) is 0 Å². The summed E-state index contributed by atoms with van der Waals surface area (Å²) in [4.78, 5) is 21.9. The Morgan fingerprint density at radius 1 is 1.22 bits per heavy atom. The van der Waals surface area contributed by atoms with Gasteiger partial charge in [-0.3, -0.25) is 10.1 Å². The van der Waals surface area contributed by atoms with Crippen LogP contribution in [-0.2, 0) is 6.42 Å². The first kappa shape index (κ1) is 16.7. The molecule has 0 aliphatic rings. The zero-order valence-corrected chi connectivity index (χ0v) is 12.6. The third-order valence-electron chi connectivity index (χ3n) is 3.01. The number of hydrogen-bond acceptors (Lipinski definition) is 3. The van der Waals surface area contributed by atoms with Crippen molar-refractivity contribution in [3.05, 3.63) is 69.0 Å². The monoisotopic (exact) mass is 337 g/mol. The molecule has 0 radical (unpaired) electrons. The highest BCUT2D eigenvalue weighted by atomic mass is 35.5. The van der Waals surface area contributed by atoms with Crippen LogP contribution in [0.5, 0.6) is 0 Å². The second kappa shape index (κ2) is 7.55. The maximum absolute atomic E-state index is 12.8. The first-order valence-corrected chi connectivity index (χ1v) is 7.07. The van der Waals surface area contributed by atoms with Gasteiger partial charge in [-0.1, -0.05) is 23.7 Å². The van der Waals surface area contributed by atoms with Crippen molar-refractivity contribution in [3.8, 4) is 0 Å². The van der Waals surface area contributed by atoms with Crippen LogP contribution in [0.15, 0.2) is 42.5 Å². The summed E-state index contributed by atoms with van der Waals surface area (Å²) in [7, 11) is 0. The molecule has 0 fully saturated rings. The minimum absolute atomic E-state index is 0.00253. The lowest BCUT2D eigenvalue weighted by molar-refractivity contribution is -0.384. The van der Waals surface area contributed by atoms with Crippen molar-refractivity contribution in [1.82, 2.24) is 5.32 Å². The first-order chi connectivity index (χ1) is 11.0. The van der Waals surface area contributed by atoms with Crippen molar-refractivity contribution in [2.75, 3.05) is 11.9 Å². The SMILES string of the molecule is O=C(NCCc1ccc(F)cc1)Nc1ccc(Cl)c([N+](=O)[O-])c1. The van der Waals surface area contributed by atoms with Gasteiger partial charge in [-0.25, -0.2) is 9.18 Å². The Balaban J connectivity index is 1.86. The van der Waals surface area contributed by atoms with Gasteiger partial charge in [0, 0.05) is 18.3 Å². The van der Waals surface area contributed by atoms with Crippen LogP contribution in [-0.4, -0.2) is 17.5 Å². The third kappa shape index (κ3) is 4.93. The van der Waals surface area contributed by atoms with Gasteiger partial charge in [0.2, 0.25) is 0 Å². The quantitative estimate of drug-likeness (QED) is 0.643. The number of carbonyl (C=O) groups excluding carboxylic acids is 1. The number of amides is 2. The van der Waals surface area contributed by atoms with Gasteiger partial charge in [-0.2, -0.15) is 0 Å². The minimum Gasteiger partial charge on any atom is -0.338 e. The topological polar surface area (TPSA) is 84.3 Å². The van der Waals surface area contributed by atoms with E-state index in [0.29, 0.717) is 13.0 Å². The van der Waals surface area contributed by atoms with E-state index in [2.05, 4.69) is 10.6 Å². The van der Waals surface area contributed by atoms with Crippen LogP contribution in [0.25, 0.3) is 0 Å². The van der Waals surface area contributed by atoms with Crippen molar-refractivity contribution >= 4 is 29.0 Å². The van der Waals surface area contributed by atoms with Gasteiger partial charge >= 0.3 is 6.03 Å². The zero-order valence-electron chi connectivity index (χ0n) is 11.9. The first-order valence-electron chi connectivity index (χ1n) is 6.69. The molecule has 0 saturated carbocycles. The van der Waals surface area contributed by atoms with Crippen LogP contribution in [0.4, 0.5) is 20.6 Å². The van der Waals surface area contributed by atoms with Gasteiger partial charge in [-0.05, 0) is 36.2 Å². The molecule has 8 heteroatoms. The van der Waals surface area contributed by atoms with Gasteiger partial charge in [0.25, 0.3) is 5.69 Å². The number of halogens is 2. The molecule has 0 bridgehead atoms. The van der Waals surface area contributed by atoms with E-state index in [1.54, 1.807) is 12.1 Å². The molecule has 0 atom stereocenters. The Bertz CT molecular complexity index is 722. The number of nitro groups is 1. The lowest BCUT2D eigenvalue weighted by Gasteiger charge is -2.08. The normalized spacial score (nSPS) is 10.2. The fraction of sp³-hybridized carbons (Fsp3) is 0.133. The molecule has 2 N–H and O–H groups in total. The highest BCUT2D eigenvalue weighted by Crippen LogP contribution is 2.27. The van der Waals surface area contributed by atoms with E-state index in [1.807, 2.05) is 0 Å². The molecular weight excluding hydrogens is 325 g/mol. The van der Waals surface area contributed by atoms with Crippen molar-refractivity contribution in [1.29, 1.82) is 0 Å². The van der Waals surface area contributed by atoms with Crippen LogP contribution in [0.3, 0.4) is 0 Å². The smallest absolute Gasteiger partial charge is 0.319 e. The summed E-state index contributed by atoms with van der Waals surface area (Å²) in [6.07, 6.45) is 0.536. The lowest BCUT2D eigenvalue weighted by atomic mass is 10.1. The van der Waals surface area contributed by atoms with Crippen molar-refractivity contribution < 1.29 is 14.1 Å². The average molecular weight is 338 g/mol. The third-order valence-corrected chi connectivity index (χ3v) is 3.33. The number of urea groups is 1. The molecule has 0 aromatic heterocycles. The second-order valence-electron chi connectivity index (χ2n) is 4.68. The molecule has 0 heterocycles. The minimum atomic E-state index is -0.625. The highest BCUT2D eigenvalue weighted by molar-refractivity contribution is 6.32. The number of hydrogen-bond donors (Lipinski definition) is 2. The Labute approximate surface area is 136 Å². The molecule has 120 valence electrons. The predicted molar refractivity (Wildman–Crippen MR) is 85.2 cm³/mol. The molecule has 2 rings (SSSR count). The number of nitrogens with one attached hydrogen (secondary N) is 2. The van der Waals surface area contributed by atoms with Crippen LogP contribution in [0, 0.1) is 15.9 Å². The van der Waals surface area contributed by atoms with Crippen LogP contribution in [0.2, 0.25) is 5.02 Å². The Kier molecular flexibility index (Phi) is 5.48. The second-order valence-corrected chi connectivity index (χ2v) is 5.09. The van der Waals surface area contributed by atoms with E-state index in [-0.39, 0.29) is 22.2 Å². The number of nitro benzene ring substituents is 1. The van der Waals surface area contributed by atoms with E-state index in [0.717, 1.165) is 5.56 Å². The maximum atomic E-state index is 12.8. The largest absolute Gasteiger partial charge is 0.338 e. The highest BCUT2D eigenvalue weighted by Gasteiger charge is 2.13. The molecule has 23 heavy (non-hydrogen) atoms. The van der Waals surface area contributed by atoms with Gasteiger partial charge in [0.1, 0.15) is 10.8 Å². The summed E-state index contributed by atoms with van der Waals surface area (Å²) < 4.78 is 12.8. The average Bonchev–Trinajstić information content (AvgIpc) is 2.51. The number of anilines is 1. The number of carbonyl (C=O) groups is 1. The van der Waals surface area contributed by atoms with E-state index in [1.165, 1.54) is 30.3 Å². The van der Waals surface area contributed by atoms with Crippen LogP contribution < -0.4 is 10.6 Å². The molecule has 2 aromatic carbocycles. The molecule has 2 amide bonds. The lowest BCUT2D eigenvalue weighted by Crippen LogP contribution is -2.30. The predicted octanol–water partition coefficient (Wildman–Crippen LogP) is 3.75. The van der Waals surface area contributed by atoms with E-state index >= 15 is 0 Å². The number of nitrogens with zero attached hydrogens (tertiary/aromatic N) is 1. The Morgan fingerprint density at radius 3 is 2.57 bits per heavy atom. The summed E-state index contributed by atoms with van der Waals surface area (Å²) in [5.74, 6) is -0.316. The Hall–Kier alpha value is -2.67. The van der Waals surface area contributed by atoms with Crippen molar-refractivity contribution in [2.45, 2.75) is 6.42 Å². The molecule has 0 aliphatic heterocycles. The molecule has 0 unspecified atom stereocenters. The van der Waals surface area contributed by atoms with Crippen molar-refractivity contribution in [3.63, 3.8) is 0 Å². The van der Waals surface area contributed by atoms with Crippen LogP contribution in [0.1, 0.15) is 5.56 Å². The van der Waals surface area contributed by atoms with Crippen LogP contribution >= 0.6 is 11.6 Å². The van der Waals surface area contributed by atoms with Gasteiger partial charge in [0.05, 0.1) is 4.92 Å². The van der Waals surface area contributed by atoms with E-state index < -0.39 is 11.0 Å². The standard InChI is InChI=1S/C15H13ClFN3O3/c16-13-6-5-12(9-14(13)20(22)23)19-15(21)18-8-7-10-1-3-11(17)4-2-10/h1-6,9H,7-8H2,(H2,18,19,21). The molecule has 2 aromatic rings. The number of rotatable bonds is 5. The van der Waals surface area contributed by atoms with Gasteiger partial charge in [0.15, 0.2) is 0 Å². The van der Waals surface area contributed by atoms with E-state index in [9.17, 15) is 19.3 Å². The summed E-state index contributed by atoms with van der Waals surface area (Å²) in [5, 5.41) is 15.9. The summed E-state index contributed by atoms with van der Waals surface area (Å²) in [6, 6.07) is 9.47. The molecular formula is C15H13ClFN3O3. The Morgan fingerprint density at radius 2 is 1.91 bits per heavy atom. The maximum Gasteiger partial charge on any atom is 0.319 e. The summed E-state index contributed by atoms with van der Waals surface area (Å²) in [5.41, 5.74) is 0.866. The van der Waals surface area contributed by atoms with Crippen molar-refractivity contribution in [2.24, 2.45) is 0 Å². The fourth-order valence-electron chi connectivity index (χ4n) is 1.88. The molecule has 0 aliphatic carbocycles. The molecule has 0 saturated heterocycles. The molecule has 6 nitrogen and oxygen atoms in total. The summed E-state index contributed by atoms with van der Waals surface area (Å²) in [6.45, 7) is 0.340.